The number of aliphatic hydroxyl groups excluding tert-OH is 2. The molecule has 2 unspecified atom stereocenters. The van der Waals surface area contributed by atoms with E-state index in [1.54, 1.807) is 0 Å². The highest BCUT2D eigenvalue weighted by molar-refractivity contribution is 5.77. The molecule has 0 saturated heterocycles. The van der Waals surface area contributed by atoms with Crippen molar-refractivity contribution >= 4 is 11.8 Å². The van der Waals surface area contributed by atoms with Crippen molar-refractivity contribution in [1.29, 1.82) is 0 Å². The average Bonchev–Trinajstić information content (AvgIpc) is 2.93. The molecule has 8 nitrogen and oxygen atoms in total. The molecule has 0 aromatic heterocycles. The van der Waals surface area contributed by atoms with Gasteiger partial charge in [0, 0.05) is 13.1 Å². The van der Waals surface area contributed by atoms with Crippen LogP contribution >= 0.6 is 0 Å². The third kappa shape index (κ3) is 24.2. The van der Waals surface area contributed by atoms with Crippen LogP contribution < -0.4 is 10.6 Å². The van der Waals surface area contributed by atoms with Gasteiger partial charge in [-0.25, -0.2) is 0 Å². The SMILES string of the molecule is CCCCCCCCNC(=O)C[N+](C)(CCO)CCCCCCCC[N+](C)(CCO)CC(=O)NCCCCCCCC. The van der Waals surface area contributed by atoms with Gasteiger partial charge in [-0.15, -0.1) is 0 Å². The smallest absolute Gasteiger partial charge is 0.275 e. The van der Waals surface area contributed by atoms with Gasteiger partial charge in [0.1, 0.15) is 13.1 Å². The first-order valence-corrected chi connectivity index (χ1v) is 17.7. The van der Waals surface area contributed by atoms with Gasteiger partial charge in [0.05, 0.1) is 40.4 Å². The summed E-state index contributed by atoms with van der Waals surface area (Å²) in [6.07, 6.45) is 21.3. The van der Waals surface area contributed by atoms with Crippen LogP contribution in [0.25, 0.3) is 0 Å². The van der Waals surface area contributed by atoms with E-state index in [0.717, 1.165) is 77.5 Å². The van der Waals surface area contributed by atoms with Crippen LogP contribution in [0.5, 0.6) is 0 Å². The summed E-state index contributed by atoms with van der Waals surface area (Å²) in [5.41, 5.74) is 0. The molecular formula is C34H72N4O4+2. The number of nitrogens with one attached hydrogen (secondary N) is 2. The van der Waals surface area contributed by atoms with Crippen molar-refractivity contribution in [3.63, 3.8) is 0 Å². The average molecular weight is 601 g/mol. The highest BCUT2D eigenvalue weighted by Crippen LogP contribution is 2.13. The molecule has 0 aromatic rings. The minimum absolute atomic E-state index is 0.0969. The molecule has 4 N–H and O–H groups in total. The van der Waals surface area contributed by atoms with Crippen LogP contribution in [0.2, 0.25) is 0 Å². The number of likely N-dealkylation sites (N-methyl/N-ethyl adjacent to an activating group) is 2. The van der Waals surface area contributed by atoms with Crippen molar-refractivity contribution in [3.05, 3.63) is 0 Å². The standard InChI is InChI=1S/C34H70N4O4/c1-5-7-9-11-15-19-23-35-33(41)31-37(3,27-29-39)25-21-17-13-14-18-22-26-38(4,28-30-40)32-34(42)36-24-20-16-12-10-8-6-2/h39-40H,5-32H2,1-4H3/p+2. The van der Waals surface area contributed by atoms with Crippen LogP contribution in [0.4, 0.5) is 0 Å². The summed E-state index contributed by atoms with van der Waals surface area (Å²) in [6.45, 7) is 10.1. The third-order valence-corrected chi connectivity index (χ3v) is 8.68. The molecule has 0 saturated carbocycles. The number of amides is 2. The fraction of sp³-hybridized carbons (Fsp3) is 0.941. The van der Waals surface area contributed by atoms with E-state index in [9.17, 15) is 19.8 Å². The number of hydrogen-bond acceptors (Lipinski definition) is 4. The fourth-order valence-corrected chi connectivity index (χ4v) is 5.79. The molecule has 8 heteroatoms. The number of rotatable bonds is 31. The molecule has 0 fully saturated rings. The number of hydrogen-bond donors (Lipinski definition) is 4. The summed E-state index contributed by atoms with van der Waals surface area (Å²) in [5.74, 6) is 0.194. The van der Waals surface area contributed by atoms with E-state index in [1.165, 1.54) is 64.2 Å². The molecular weight excluding hydrogens is 528 g/mol. The number of carbonyl (C=O) groups is 2. The maximum Gasteiger partial charge on any atom is 0.275 e. The van der Waals surface area contributed by atoms with Crippen LogP contribution in [-0.2, 0) is 9.59 Å². The minimum atomic E-state index is 0.0969. The van der Waals surface area contributed by atoms with Gasteiger partial charge in [0.15, 0.2) is 13.1 Å². The highest BCUT2D eigenvalue weighted by atomic mass is 16.3. The van der Waals surface area contributed by atoms with Crippen LogP contribution in [0, 0.1) is 0 Å². The van der Waals surface area contributed by atoms with Crippen LogP contribution in [0.1, 0.15) is 129 Å². The van der Waals surface area contributed by atoms with Gasteiger partial charge < -0.3 is 29.8 Å². The topological polar surface area (TPSA) is 98.7 Å². The lowest BCUT2D eigenvalue weighted by Crippen LogP contribution is -2.52. The van der Waals surface area contributed by atoms with Crippen LogP contribution in [-0.4, -0.2) is 111 Å². The summed E-state index contributed by atoms with van der Waals surface area (Å²) in [6, 6.07) is 0. The Morgan fingerprint density at radius 3 is 1.12 bits per heavy atom. The van der Waals surface area contributed by atoms with E-state index in [2.05, 4.69) is 38.6 Å². The third-order valence-electron chi connectivity index (χ3n) is 8.68. The molecule has 0 aliphatic carbocycles. The zero-order valence-corrected chi connectivity index (χ0v) is 28.4. The van der Waals surface area contributed by atoms with E-state index < -0.39 is 0 Å². The lowest BCUT2D eigenvalue weighted by molar-refractivity contribution is -0.902. The lowest BCUT2D eigenvalue weighted by Gasteiger charge is -2.33. The number of unbranched alkanes of at least 4 members (excludes halogenated alkanes) is 15. The molecule has 0 aromatic carbocycles. The van der Waals surface area contributed by atoms with Gasteiger partial charge in [-0.3, -0.25) is 9.59 Å². The molecule has 0 aliphatic rings. The van der Waals surface area contributed by atoms with Gasteiger partial charge >= 0.3 is 0 Å². The highest BCUT2D eigenvalue weighted by Gasteiger charge is 2.25. The zero-order chi connectivity index (χ0) is 31.4. The number of aliphatic hydroxyl groups is 2. The van der Waals surface area contributed by atoms with Gasteiger partial charge in [-0.2, -0.15) is 0 Å². The minimum Gasteiger partial charge on any atom is -0.391 e. The maximum absolute atomic E-state index is 12.5. The molecule has 2 atom stereocenters. The molecule has 0 spiro atoms. The second kappa shape index (κ2) is 27.3. The van der Waals surface area contributed by atoms with Crippen LogP contribution in [0.15, 0.2) is 0 Å². The number of carbonyl (C=O) groups excluding carboxylic acids is 2. The van der Waals surface area contributed by atoms with Gasteiger partial charge in [0.25, 0.3) is 11.8 Å². The predicted molar refractivity (Wildman–Crippen MR) is 176 cm³/mol. The predicted octanol–water partition coefficient (Wildman–Crippen LogP) is 5.16. The second-order valence-corrected chi connectivity index (χ2v) is 13.3. The quantitative estimate of drug-likeness (QED) is 0.0653. The van der Waals surface area contributed by atoms with Crippen LogP contribution in [0.3, 0.4) is 0 Å². The summed E-state index contributed by atoms with van der Waals surface area (Å²) in [5, 5.41) is 25.4. The lowest BCUT2D eigenvalue weighted by atomic mass is 10.1. The number of nitrogens with zero attached hydrogens (tertiary/aromatic N) is 2. The summed E-state index contributed by atoms with van der Waals surface area (Å²) in [7, 11) is 4.18. The Kier molecular flexibility index (Phi) is 26.5. The van der Waals surface area contributed by atoms with E-state index in [0.29, 0.717) is 35.1 Å². The van der Waals surface area contributed by atoms with Gasteiger partial charge in [0.2, 0.25) is 0 Å². The Bertz CT molecular complexity index is 597. The van der Waals surface area contributed by atoms with Crippen molar-refractivity contribution in [1.82, 2.24) is 10.6 Å². The summed E-state index contributed by atoms with van der Waals surface area (Å²) < 4.78 is 1.19. The molecule has 2 amide bonds. The van der Waals surface area contributed by atoms with Crippen molar-refractivity contribution in [2.45, 2.75) is 129 Å². The maximum atomic E-state index is 12.5. The molecule has 0 radical (unpaired) electrons. The van der Waals surface area contributed by atoms with E-state index in [4.69, 9.17) is 0 Å². The Hall–Kier alpha value is -1.22. The van der Waals surface area contributed by atoms with E-state index >= 15 is 0 Å². The first-order valence-electron chi connectivity index (χ1n) is 17.7. The first-order chi connectivity index (χ1) is 20.2. The van der Waals surface area contributed by atoms with Crippen molar-refractivity contribution in [3.8, 4) is 0 Å². The summed E-state index contributed by atoms with van der Waals surface area (Å²) in [4.78, 5) is 25.1. The zero-order valence-electron chi connectivity index (χ0n) is 28.4. The van der Waals surface area contributed by atoms with E-state index in [-0.39, 0.29) is 25.0 Å². The molecule has 0 bridgehead atoms. The summed E-state index contributed by atoms with van der Waals surface area (Å²) >= 11 is 0. The normalized spacial score (nSPS) is 14.3. The van der Waals surface area contributed by atoms with Gasteiger partial charge in [-0.1, -0.05) is 90.9 Å². The Labute approximate surface area is 260 Å². The monoisotopic (exact) mass is 601 g/mol. The molecule has 0 aliphatic heterocycles. The van der Waals surface area contributed by atoms with E-state index in [1.807, 2.05) is 0 Å². The molecule has 0 rings (SSSR count). The van der Waals surface area contributed by atoms with Crippen molar-refractivity contribution in [2.75, 3.05) is 79.7 Å². The number of quaternary nitrogens is 2. The molecule has 250 valence electrons. The van der Waals surface area contributed by atoms with Crippen molar-refractivity contribution < 1.29 is 28.8 Å². The fourth-order valence-electron chi connectivity index (χ4n) is 5.79. The van der Waals surface area contributed by atoms with Crippen molar-refractivity contribution in [2.24, 2.45) is 0 Å². The Balaban J connectivity index is 4.14. The molecule has 0 heterocycles. The largest absolute Gasteiger partial charge is 0.391 e. The Morgan fingerprint density at radius 1 is 0.476 bits per heavy atom. The molecule has 42 heavy (non-hydrogen) atoms. The van der Waals surface area contributed by atoms with Gasteiger partial charge in [-0.05, 0) is 38.5 Å². The first kappa shape index (κ1) is 40.8. The Morgan fingerprint density at radius 2 is 0.786 bits per heavy atom. The second-order valence-electron chi connectivity index (χ2n) is 13.3.